The minimum absolute atomic E-state index is 0.103. The van der Waals surface area contributed by atoms with Crippen molar-refractivity contribution in [3.8, 4) is 5.19 Å². The first-order valence-corrected chi connectivity index (χ1v) is 7.96. The highest BCUT2D eigenvalue weighted by Gasteiger charge is 2.12. The molecule has 0 saturated carbocycles. The number of ether oxygens (including phenoxy) is 1. The second kappa shape index (κ2) is 6.91. The summed E-state index contributed by atoms with van der Waals surface area (Å²) in [5.74, 6) is 0. The molecule has 0 aliphatic heterocycles. The van der Waals surface area contributed by atoms with E-state index in [1.807, 2.05) is 6.07 Å². The number of carbonyl (C=O) groups is 1. The number of benzene rings is 1. The van der Waals surface area contributed by atoms with E-state index in [0.29, 0.717) is 17.0 Å². The van der Waals surface area contributed by atoms with E-state index < -0.39 is 0 Å². The van der Waals surface area contributed by atoms with Crippen LogP contribution in [-0.2, 0) is 6.61 Å². The van der Waals surface area contributed by atoms with Crippen molar-refractivity contribution >= 4 is 28.5 Å². The lowest BCUT2D eigenvalue weighted by molar-refractivity contribution is 0.241. The SMILES string of the molecule is Cc1ccc(COc2nc(SC(=O)N(C)C)ns2)cc1C. The molecule has 1 aromatic carbocycles. The molecule has 0 aliphatic carbocycles. The fourth-order valence-corrected chi connectivity index (χ4v) is 2.73. The zero-order valence-corrected chi connectivity index (χ0v) is 14.0. The van der Waals surface area contributed by atoms with Gasteiger partial charge in [0.25, 0.3) is 10.4 Å². The van der Waals surface area contributed by atoms with Crippen LogP contribution in [0.3, 0.4) is 0 Å². The van der Waals surface area contributed by atoms with Gasteiger partial charge in [-0.1, -0.05) is 18.2 Å². The van der Waals surface area contributed by atoms with Crippen LogP contribution in [0.25, 0.3) is 0 Å². The van der Waals surface area contributed by atoms with Crippen molar-refractivity contribution in [3.05, 3.63) is 34.9 Å². The summed E-state index contributed by atoms with van der Waals surface area (Å²) in [6, 6.07) is 6.21. The molecule has 1 heterocycles. The maximum atomic E-state index is 11.5. The van der Waals surface area contributed by atoms with Gasteiger partial charge in [-0.3, -0.25) is 4.79 Å². The highest BCUT2D eigenvalue weighted by Crippen LogP contribution is 2.24. The number of carbonyl (C=O) groups excluding carboxylic acids is 1. The van der Waals surface area contributed by atoms with Gasteiger partial charge in [0.1, 0.15) is 6.61 Å². The summed E-state index contributed by atoms with van der Waals surface area (Å²) in [6.45, 7) is 4.60. The Morgan fingerprint density at radius 1 is 1.33 bits per heavy atom. The topological polar surface area (TPSA) is 55.3 Å². The molecule has 21 heavy (non-hydrogen) atoms. The van der Waals surface area contributed by atoms with E-state index in [-0.39, 0.29) is 5.24 Å². The summed E-state index contributed by atoms with van der Waals surface area (Å²) in [6.07, 6.45) is 0. The largest absolute Gasteiger partial charge is 0.464 e. The van der Waals surface area contributed by atoms with Gasteiger partial charge < -0.3 is 9.64 Å². The molecule has 1 aromatic heterocycles. The number of nitrogens with zero attached hydrogens (tertiary/aromatic N) is 3. The lowest BCUT2D eigenvalue weighted by atomic mass is 10.1. The molecule has 0 fully saturated rings. The van der Waals surface area contributed by atoms with E-state index in [1.54, 1.807) is 14.1 Å². The third kappa shape index (κ3) is 4.44. The number of amides is 1. The Balaban J connectivity index is 1.93. The monoisotopic (exact) mass is 323 g/mol. The van der Waals surface area contributed by atoms with Gasteiger partial charge in [-0.05, 0) is 30.5 Å². The third-order valence-corrected chi connectivity index (χ3v) is 4.52. The predicted molar refractivity (Wildman–Crippen MR) is 85.1 cm³/mol. The molecule has 5 nitrogen and oxygen atoms in total. The molecule has 1 amide bonds. The Morgan fingerprint density at radius 3 is 2.76 bits per heavy atom. The number of aromatic nitrogens is 2. The molecular weight excluding hydrogens is 306 g/mol. The van der Waals surface area contributed by atoms with Crippen molar-refractivity contribution < 1.29 is 9.53 Å². The van der Waals surface area contributed by atoms with Gasteiger partial charge in [-0.25, -0.2) is 0 Å². The van der Waals surface area contributed by atoms with Crippen molar-refractivity contribution in [2.75, 3.05) is 14.1 Å². The first-order chi connectivity index (χ1) is 9.95. The summed E-state index contributed by atoms with van der Waals surface area (Å²) in [5.41, 5.74) is 3.59. The van der Waals surface area contributed by atoms with Crippen LogP contribution < -0.4 is 4.74 Å². The molecule has 0 atom stereocenters. The summed E-state index contributed by atoms with van der Waals surface area (Å²) in [5, 5.41) is 0.796. The first kappa shape index (κ1) is 15.8. The minimum Gasteiger partial charge on any atom is -0.464 e. The van der Waals surface area contributed by atoms with E-state index in [0.717, 1.165) is 28.9 Å². The number of hydrogen-bond acceptors (Lipinski definition) is 6. The normalized spacial score (nSPS) is 10.5. The number of thioether (sulfide) groups is 1. The number of hydrogen-bond donors (Lipinski definition) is 0. The maximum absolute atomic E-state index is 11.5. The minimum atomic E-state index is -0.103. The van der Waals surface area contributed by atoms with Gasteiger partial charge in [0, 0.05) is 37.4 Å². The van der Waals surface area contributed by atoms with Gasteiger partial charge in [0.05, 0.1) is 0 Å². The summed E-state index contributed by atoms with van der Waals surface area (Å²) >= 11 is 2.15. The lowest BCUT2D eigenvalue weighted by Crippen LogP contribution is -2.16. The molecule has 2 aromatic rings. The van der Waals surface area contributed by atoms with Crippen LogP contribution in [0.1, 0.15) is 16.7 Å². The van der Waals surface area contributed by atoms with Crippen LogP contribution >= 0.6 is 23.3 Å². The number of rotatable bonds is 4. The van der Waals surface area contributed by atoms with E-state index in [4.69, 9.17) is 4.74 Å². The lowest BCUT2D eigenvalue weighted by Gasteiger charge is -2.06. The Morgan fingerprint density at radius 2 is 2.10 bits per heavy atom. The Kier molecular flexibility index (Phi) is 5.19. The molecule has 2 rings (SSSR count). The molecule has 0 N–H and O–H groups in total. The van der Waals surface area contributed by atoms with Crippen molar-refractivity contribution in [3.63, 3.8) is 0 Å². The summed E-state index contributed by atoms with van der Waals surface area (Å²) in [4.78, 5) is 17.2. The van der Waals surface area contributed by atoms with Gasteiger partial charge >= 0.3 is 0 Å². The van der Waals surface area contributed by atoms with Crippen LogP contribution in [-0.4, -0.2) is 33.6 Å². The predicted octanol–water partition coefficient (Wildman–Crippen LogP) is 3.51. The quantitative estimate of drug-likeness (QED) is 0.806. The van der Waals surface area contributed by atoms with E-state index in [9.17, 15) is 4.79 Å². The molecule has 0 spiro atoms. The van der Waals surface area contributed by atoms with Crippen LogP contribution in [0.2, 0.25) is 0 Å². The molecule has 0 aliphatic rings. The first-order valence-electron chi connectivity index (χ1n) is 6.37. The molecule has 0 radical (unpaired) electrons. The van der Waals surface area contributed by atoms with Crippen LogP contribution in [0.5, 0.6) is 5.19 Å². The van der Waals surface area contributed by atoms with Crippen molar-refractivity contribution in [2.24, 2.45) is 0 Å². The average Bonchev–Trinajstić information content (AvgIpc) is 2.87. The molecule has 0 bridgehead atoms. The van der Waals surface area contributed by atoms with Crippen LogP contribution in [0, 0.1) is 13.8 Å². The van der Waals surface area contributed by atoms with Crippen molar-refractivity contribution in [1.29, 1.82) is 0 Å². The van der Waals surface area contributed by atoms with E-state index >= 15 is 0 Å². The van der Waals surface area contributed by atoms with Crippen molar-refractivity contribution in [2.45, 2.75) is 25.6 Å². The fraction of sp³-hybridized carbons (Fsp3) is 0.357. The zero-order valence-electron chi connectivity index (χ0n) is 12.4. The molecule has 0 unspecified atom stereocenters. The zero-order chi connectivity index (χ0) is 15.4. The van der Waals surface area contributed by atoms with Gasteiger partial charge in [-0.15, -0.1) is 0 Å². The Bertz CT molecular complexity index is 641. The molecular formula is C14H17N3O2S2. The standard InChI is InChI=1S/C14H17N3O2S2/c1-9-5-6-11(7-10(9)2)8-19-13-15-12(16-21-13)20-14(18)17(3)4/h5-7H,8H2,1-4H3. The molecule has 112 valence electrons. The number of aryl methyl sites for hydroxylation is 2. The van der Waals surface area contributed by atoms with Gasteiger partial charge in [-0.2, -0.15) is 9.36 Å². The molecule has 7 heteroatoms. The second-order valence-electron chi connectivity index (χ2n) is 4.81. The molecule has 0 saturated heterocycles. The highest BCUT2D eigenvalue weighted by atomic mass is 32.2. The van der Waals surface area contributed by atoms with Crippen LogP contribution in [0.4, 0.5) is 4.79 Å². The van der Waals surface area contributed by atoms with E-state index in [2.05, 4.69) is 35.3 Å². The average molecular weight is 323 g/mol. The second-order valence-corrected chi connectivity index (χ2v) is 6.45. The van der Waals surface area contributed by atoms with Crippen molar-refractivity contribution in [1.82, 2.24) is 14.3 Å². The van der Waals surface area contributed by atoms with Gasteiger partial charge in [0.2, 0.25) is 5.16 Å². The van der Waals surface area contributed by atoms with E-state index in [1.165, 1.54) is 16.0 Å². The van der Waals surface area contributed by atoms with Crippen LogP contribution in [0.15, 0.2) is 23.4 Å². The maximum Gasteiger partial charge on any atom is 0.294 e. The Labute approximate surface area is 132 Å². The smallest absolute Gasteiger partial charge is 0.294 e. The third-order valence-electron chi connectivity index (χ3n) is 2.87. The fourth-order valence-electron chi connectivity index (χ4n) is 1.50. The summed E-state index contributed by atoms with van der Waals surface area (Å²) in [7, 11) is 3.39. The highest BCUT2D eigenvalue weighted by molar-refractivity contribution is 8.13. The Hall–Kier alpha value is -1.60. The summed E-state index contributed by atoms with van der Waals surface area (Å²) < 4.78 is 9.72. The van der Waals surface area contributed by atoms with Gasteiger partial charge in [0.15, 0.2) is 0 Å².